The second kappa shape index (κ2) is 7.84. The first-order valence-corrected chi connectivity index (χ1v) is 7.57. The zero-order valence-corrected chi connectivity index (χ0v) is 12.2. The molecule has 1 fully saturated rings. The SMILES string of the molecule is O=C(/C=C/NCC(O)c1cccc(O)c1)C1CCCCC1. The van der Waals surface area contributed by atoms with E-state index < -0.39 is 6.10 Å². The van der Waals surface area contributed by atoms with E-state index in [1.54, 1.807) is 30.5 Å². The summed E-state index contributed by atoms with van der Waals surface area (Å²) in [6.45, 7) is 0.303. The van der Waals surface area contributed by atoms with Gasteiger partial charge < -0.3 is 15.5 Å². The molecule has 4 nitrogen and oxygen atoms in total. The molecule has 1 unspecified atom stereocenters. The summed E-state index contributed by atoms with van der Waals surface area (Å²) >= 11 is 0. The van der Waals surface area contributed by atoms with Crippen molar-refractivity contribution in [1.82, 2.24) is 5.32 Å². The largest absolute Gasteiger partial charge is 0.508 e. The maximum absolute atomic E-state index is 11.9. The molecule has 0 heterocycles. The van der Waals surface area contributed by atoms with Gasteiger partial charge in [-0.3, -0.25) is 4.79 Å². The highest BCUT2D eigenvalue weighted by Crippen LogP contribution is 2.24. The van der Waals surface area contributed by atoms with Crippen LogP contribution in [-0.4, -0.2) is 22.5 Å². The minimum atomic E-state index is -0.716. The minimum Gasteiger partial charge on any atom is -0.508 e. The second-order valence-corrected chi connectivity index (χ2v) is 5.59. The van der Waals surface area contributed by atoms with Crippen molar-refractivity contribution in [3.63, 3.8) is 0 Å². The molecule has 0 amide bonds. The number of carbonyl (C=O) groups is 1. The van der Waals surface area contributed by atoms with Crippen LogP contribution in [0, 0.1) is 5.92 Å². The molecule has 0 saturated heterocycles. The van der Waals surface area contributed by atoms with Crippen LogP contribution in [0.1, 0.15) is 43.8 Å². The summed E-state index contributed by atoms with van der Waals surface area (Å²) in [7, 11) is 0. The Hall–Kier alpha value is -1.81. The maximum atomic E-state index is 11.9. The van der Waals surface area contributed by atoms with E-state index in [2.05, 4.69) is 5.32 Å². The Bertz CT molecular complexity index is 493. The van der Waals surface area contributed by atoms with Gasteiger partial charge in [0.15, 0.2) is 5.78 Å². The molecule has 1 atom stereocenters. The number of benzene rings is 1. The lowest BCUT2D eigenvalue weighted by molar-refractivity contribution is -0.119. The van der Waals surface area contributed by atoms with Crippen LogP contribution in [0.5, 0.6) is 5.75 Å². The normalized spacial score (nSPS) is 17.8. The first-order valence-electron chi connectivity index (χ1n) is 7.57. The molecule has 0 aromatic heterocycles. The Morgan fingerprint density at radius 1 is 1.33 bits per heavy atom. The molecule has 1 aliphatic carbocycles. The number of phenols is 1. The van der Waals surface area contributed by atoms with Crippen molar-refractivity contribution in [1.29, 1.82) is 0 Å². The van der Waals surface area contributed by atoms with Gasteiger partial charge in [-0.1, -0.05) is 31.4 Å². The Morgan fingerprint density at radius 2 is 2.10 bits per heavy atom. The number of allylic oxidation sites excluding steroid dienone is 1. The maximum Gasteiger partial charge on any atom is 0.160 e. The van der Waals surface area contributed by atoms with E-state index in [9.17, 15) is 15.0 Å². The lowest BCUT2D eigenvalue weighted by Crippen LogP contribution is -2.19. The molecule has 2 rings (SSSR count). The van der Waals surface area contributed by atoms with Crippen molar-refractivity contribution >= 4 is 5.78 Å². The average Bonchev–Trinajstić information content (AvgIpc) is 2.52. The van der Waals surface area contributed by atoms with Crippen molar-refractivity contribution < 1.29 is 15.0 Å². The number of hydrogen-bond acceptors (Lipinski definition) is 4. The van der Waals surface area contributed by atoms with Gasteiger partial charge >= 0.3 is 0 Å². The van der Waals surface area contributed by atoms with Crippen molar-refractivity contribution in [2.45, 2.75) is 38.2 Å². The summed E-state index contributed by atoms with van der Waals surface area (Å²) in [6, 6.07) is 6.54. The molecule has 0 aliphatic heterocycles. The smallest absolute Gasteiger partial charge is 0.160 e. The van der Waals surface area contributed by atoms with Crippen molar-refractivity contribution in [3.8, 4) is 5.75 Å². The number of aromatic hydroxyl groups is 1. The molecule has 1 aromatic rings. The van der Waals surface area contributed by atoms with E-state index >= 15 is 0 Å². The van der Waals surface area contributed by atoms with Crippen LogP contribution in [-0.2, 0) is 4.79 Å². The summed E-state index contributed by atoms with van der Waals surface area (Å²) in [5.41, 5.74) is 0.648. The van der Waals surface area contributed by atoms with Crippen LogP contribution >= 0.6 is 0 Å². The molecular formula is C17H23NO3. The van der Waals surface area contributed by atoms with Gasteiger partial charge in [0.2, 0.25) is 0 Å². The number of phenolic OH excluding ortho intramolecular Hbond substituents is 1. The molecule has 114 valence electrons. The van der Waals surface area contributed by atoms with E-state index in [-0.39, 0.29) is 17.5 Å². The predicted octanol–water partition coefficient (Wildman–Crippen LogP) is 2.68. The van der Waals surface area contributed by atoms with Gasteiger partial charge in [-0.2, -0.15) is 0 Å². The molecule has 4 heteroatoms. The van der Waals surface area contributed by atoms with Gasteiger partial charge in [-0.15, -0.1) is 0 Å². The van der Waals surface area contributed by atoms with Gasteiger partial charge in [0.05, 0.1) is 6.10 Å². The van der Waals surface area contributed by atoms with E-state index in [0.29, 0.717) is 12.1 Å². The summed E-state index contributed by atoms with van der Waals surface area (Å²) < 4.78 is 0. The monoisotopic (exact) mass is 289 g/mol. The fourth-order valence-corrected chi connectivity index (χ4v) is 2.69. The number of ketones is 1. The first kappa shape index (κ1) is 15.6. The van der Waals surface area contributed by atoms with Gasteiger partial charge in [0, 0.05) is 18.7 Å². The van der Waals surface area contributed by atoms with E-state index in [1.807, 2.05) is 0 Å². The van der Waals surface area contributed by atoms with Crippen LogP contribution in [0.3, 0.4) is 0 Å². The molecule has 1 aliphatic rings. The van der Waals surface area contributed by atoms with Gasteiger partial charge in [0.1, 0.15) is 5.75 Å². The lowest BCUT2D eigenvalue weighted by Gasteiger charge is -2.18. The Labute approximate surface area is 125 Å². The zero-order valence-electron chi connectivity index (χ0n) is 12.2. The Balaban J connectivity index is 1.75. The van der Waals surface area contributed by atoms with Crippen molar-refractivity contribution in [2.24, 2.45) is 5.92 Å². The predicted molar refractivity (Wildman–Crippen MR) is 81.8 cm³/mol. The number of nitrogens with one attached hydrogen (secondary N) is 1. The molecule has 0 bridgehead atoms. The number of aliphatic hydroxyl groups excluding tert-OH is 1. The molecule has 0 spiro atoms. The Morgan fingerprint density at radius 3 is 2.81 bits per heavy atom. The summed E-state index contributed by atoms with van der Waals surface area (Å²) in [5, 5.41) is 22.3. The van der Waals surface area contributed by atoms with Crippen molar-refractivity contribution in [3.05, 3.63) is 42.1 Å². The van der Waals surface area contributed by atoms with Crippen molar-refractivity contribution in [2.75, 3.05) is 6.54 Å². The Kier molecular flexibility index (Phi) is 5.81. The van der Waals surface area contributed by atoms with E-state index in [1.165, 1.54) is 12.5 Å². The second-order valence-electron chi connectivity index (χ2n) is 5.59. The number of hydrogen-bond donors (Lipinski definition) is 3. The molecule has 21 heavy (non-hydrogen) atoms. The summed E-state index contributed by atoms with van der Waals surface area (Å²) in [6.07, 6.45) is 7.99. The topological polar surface area (TPSA) is 69.6 Å². The van der Waals surface area contributed by atoms with Gasteiger partial charge in [-0.05, 0) is 36.6 Å². The van der Waals surface area contributed by atoms with Gasteiger partial charge in [0.25, 0.3) is 0 Å². The lowest BCUT2D eigenvalue weighted by atomic mass is 9.86. The molecular weight excluding hydrogens is 266 g/mol. The highest BCUT2D eigenvalue weighted by molar-refractivity contribution is 5.91. The number of rotatable bonds is 6. The minimum absolute atomic E-state index is 0.134. The third-order valence-corrected chi connectivity index (χ3v) is 3.94. The van der Waals surface area contributed by atoms with Crippen LogP contribution in [0.2, 0.25) is 0 Å². The molecule has 0 radical (unpaired) electrons. The quantitative estimate of drug-likeness (QED) is 0.704. The average molecular weight is 289 g/mol. The standard InChI is InChI=1S/C17H23NO3/c19-15-8-4-7-14(11-15)17(21)12-18-10-9-16(20)13-5-2-1-3-6-13/h4,7-11,13,17-19,21H,1-3,5-6,12H2/b10-9+. The molecule has 1 aromatic carbocycles. The highest BCUT2D eigenvalue weighted by Gasteiger charge is 2.18. The third kappa shape index (κ3) is 4.90. The third-order valence-electron chi connectivity index (χ3n) is 3.94. The van der Waals surface area contributed by atoms with Gasteiger partial charge in [-0.25, -0.2) is 0 Å². The van der Waals surface area contributed by atoms with Crippen LogP contribution < -0.4 is 5.32 Å². The zero-order chi connectivity index (χ0) is 15.1. The fraction of sp³-hybridized carbons (Fsp3) is 0.471. The van der Waals surface area contributed by atoms with Crippen LogP contribution in [0.4, 0.5) is 0 Å². The number of carbonyl (C=O) groups excluding carboxylic acids is 1. The van der Waals surface area contributed by atoms with Crippen LogP contribution in [0.15, 0.2) is 36.5 Å². The summed E-state index contributed by atoms with van der Waals surface area (Å²) in [4.78, 5) is 11.9. The van der Waals surface area contributed by atoms with Crippen LogP contribution in [0.25, 0.3) is 0 Å². The highest BCUT2D eigenvalue weighted by atomic mass is 16.3. The molecule has 3 N–H and O–H groups in total. The molecule has 1 saturated carbocycles. The fourth-order valence-electron chi connectivity index (χ4n) is 2.69. The van der Waals surface area contributed by atoms with E-state index in [4.69, 9.17) is 0 Å². The number of aliphatic hydroxyl groups is 1. The van der Waals surface area contributed by atoms with E-state index in [0.717, 1.165) is 25.7 Å². The first-order chi connectivity index (χ1) is 10.2. The summed E-state index contributed by atoms with van der Waals surface area (Å²) in [5.74, 6) is 0.483.